The molecule has 0 saturated carbocycles. The standard InChI is InChI=1S/C28H20F3N2PS/c29-28(30,31)25-27(35-26(32-25)21-13-5-1-6-14-21)33-34(22-15-7-2-8-16-22,23-17-9-3-10-18-23)24-19-11-4-12-20-24/h1-20H. The fourth-order valence-corrected chi connectivity index (χ4v) is 8.74. The van der Waals surface area contributed by atoms with E-state index in [0.29, 0.717) is 10.6 Å². The Balaban J connectivity index is 1.89. The molecule has 0 aliphatic heterocycles. The van der Waals surface area contributed by atoms with Crippen LogP contribution in [0.3, 0.4) is 0 Å². The molecule has 0 atom stereocenters. The van der Waals surface area contributed by atoms with Crippen molar-refractivity contribution in [1.82, 2.24) is 4.98 Å². The van der Waals surface area contributed by atoms with E-state index < -0.39 is 18.9 Å². The van der Waals surface area contributed by atoms with Gasteiger partial charge in [-0.3, -0.25) is 0 Å². The summed E-state index contributed by atoms with van der Waals surface area (Å²) in [7, 11) is -2.85. The van der Waals surface area contributed by atoms with E-state index in [1.54, 1.807) is 24.3 Å². The van der Waals surface area contributed by atoms with E-state index in [2.05, 4.69) is 4.98 Å². The SMILES string of the molecule is FC(F)(F)c1nc(-c2ccccc2)sc1N=P(c1ccccc1)(c1ccccc1)c1ccccc1. The second-order valence-electron chi connectivity index (χ2n) is 7.78. The van der Waals surface area contributed by atoms with Gasteiger partial charge in [-0.1, -0.05) is 133 Å². The molecule has 0 aliphatic carbocycles. The van der Waals surface area contributed by atoms with E-state index >= 15 is 0 Å². The maximum Gasteiger partial charge on any atom is 0.436 e. The Morgan fingerprint density at radius 1 is 0.600 bits per heavy atom. The highest BCUT2D eigenvalue weighted by Gasteiger charge is 2.39. The van der Waals surface area contributed by atoms with Gasteiger partial charge in [-0.2, -0.15) is 13.2 Å². The normalized spacial score (nSPS) is 11.9. The molecule has 0 bridgehead atoms. The number of aromatic nitrogens is 1. The Morgan fingerprint density at radius 2 is 1.00 bits per heavy atom. The van der Waals surface area contributed by atoms with Crippen LogP contribution in [0.1, 0.15) is 5.69 Å². The van der Waals surface area contributed by atoms with Gasteiger partial charge in [0.05, 0.1) is 7.05 Å². The Bertz CT molecular complexity index is 1360. The van der Waals surface area contributed by atoms with E-state index in [4.69, 9.17) is 4.74 Å². The van der Waals surface area contributed by atoms with E-state index in [1.165, 1.54) is 0 Å². The second kappa shape index (κ2) is 9.65. The van der Waals surface area contributed by atoms with Crippen molar-refractivity contribution in [2.45, 2.75) is 6.18 Å². The molecule has 0 fully saturated rings. The summed E-state index contributed by atoms with van der Waals surface area (Å²) in [6.45, 7) is 0. The van der Waals surface area contributed by atoms with Crippen LogP contribution in [0.25, 0.3) is 10.6 Å². The molecule has 1 heterocycles. The van der Waals surface area contributed by atoms with Crippen LogP contribution in [0.15, 0.2) is 126 Å². The van der Waals surface area contributed by atoms with E-state index in [9.17, 15) is 13.2 Å². The highest BCUT2D eigenvalue weighted by atomic mass is 32.1. The second-order valence-corrected chi connectivity index (χ2v) is 11.8. The third-order valence-electron chi connectivity index (χ3n) is 5.53. The van der Waals surface area contributed by atoms with Gasteiger partial charge >= 0.3 is 6.18 Å². The number of hydrogen-bond donors (Lipinski definition) is 0. The average molecular weight is 505 g/mol. The zero-order valence-corrected chi connectivity index (χ0v) is 20.1. The zero-order valence-electron chi connectivity index (χ0n) is 18.4. The molecule has 0 saturated heterocycles. The topological polar surface area (TPSA) is 25.2 Å². The van der Waals surface area contributed by atoms with E-state index in [1.807, 2.05) is 97.1 Å². The average Bonchev–Trinajstić information content (AvgIpc) is 3.34. The molecule has 1 aromatic heterocycles. The van der Waals surface area contributed by atoms with Crippen LogP contribution < -0.4 is 15.9 Å². The molecule has 0 radical (unpaired) electrons. The van der Waals surface area contributed by atoms with Crippen molar-refractivity contribution >= 4 is 39.3 Å². The summed E-state index contributed by atoms with van der Waals surface area (Å²) in [5, 5.41) is 2.81. The summed E-state index contributed by atoms with van der Waals surface area (Å²) in [5.41, 5.74) is -0.318. The van der Waals surface area contributed by atoms with Gasteiger partial charge in [-0.15, -0.1) is 0 Å². The largest absolute Gasteiger partial charge is 0.436 e. The monoisotopic (exact) mass is 504 g/mol. The predicted octanol–water partition coefficient (Wildman–Crippen LogP) is 7.64. The van der Waals surface area contributed by atoms with Crippen molar-refractivity contribution in [3.63, 3.8) is 0 Å². The number of thiazole rings is 1. The molecule has 0 unspecified atom stereocenters. The third-order valence-corrected chi connectivity index (χ3v) is 10.3. The van der Waals surface area contributed by atoms with Crippen molar-refractivity contribution < 1.29 is 13.2 Å². The highest BCUT2D eigenvalue weighted by molar-refractivity contribution is 7.87. The number of alkyl halides is 3. The summed E-state index contributed by atoms with van der Waals surface area (Å²) in [4.78, 5) is 4.03. The molecule has 4 aromatic carbocycles. The molecule has 174 valence electrons. The first-order chi connectivity index (χ1) is 17.0. The van der Waals surface area contributed by atoms with Gasteiger partial charge in [0.1, 0.15) is 10.0 Å². The first kappa shape index (κ1) is 23.3. The quantitative estimate of drug-likeness (QED) is 0.226. The summed E-state index contributed by atoms with van der Waals surface area (Å²) in [5.74, 6) is 0. The lowest BCUT2D eigenvalue weighted by atomic mass is 10.2. The Morgan fingerprint density at radius 3 is 1.40 bits per heavy atom. The fourth-order valence-electron chi connectivity index (χ4n) is 3.96. The first-order valence-corrected chi connectivity index (χ1v) is 13.5. The summed E-state index contributed by atoms with van der Waals surface area (Å²) in [6.07, 6.45) is -4.64. The molecular weight excluding hydrogens is 484 g/mol. The molecule has 7 heteroatoms. The third kappa shape index (κ3) is 4.60. The molecule has 2 nitrogen and oxygen atoms in total. The molecule has 0 amide bonds. The van der Waals surface area contributed by atoms with Gasteiger partial charge in [0, 0.05) is 21.5 Å². The van der Waals surface area contributed by atoms with Crippen molar-refractivity contribution in [2.75, 3.05) is 0 Å². The van der Waals surface area contributed by atoms with Crippen molar-refractivity contribution in [2.24, 2.45) is 4.74 Å². The molecule has 5 rings (SSSR count). The van der Waals surface area contributed by atoms with Crippen LogP contribution >= 0.6 is 18.4 Å². The predicted molar refractivity (Wildman–Crippen MR) is 140 cm³/mol. The lowest BCUT2D eigenvalue weighted by Gasteiger charge is -2.26. The van der Waals surface area contributed by atoms with Crippen LogP contribution in [0, 0.1) is 0 Å². The van der Waals surface area contributed by atoms with Crippen LogP contribution in [0.5, 0.6) is 0 Å². The van der Waals surface area contributed by atoms with Crippen molar-refractivity contribution in [3.05, 3.63) is 127 Å². The Hall–Kier alpha value is -3.47. The minimum absolute atomic E-state index is 0.110. The number of benzene rings is 4. The lowest BCUT2D eigenvalue weighted by molar-refractivity contribution is -0.140. The fraction of sp³-hybridized carbons (Fsp3) is 0.0357. The molecular formula is C28H20F3N2PS. The molecule has 35 heavy (non-hydrogen) atoms. The summed E-state index contributed by atoms with van der Waals surface area (Å²) in [6, 6.07) is 37.7. The molecule has 0 aliphatic rings. The van der Waals surface area contributed by atoms with Crippen molar-refractivity contribution in [3.8, 4) is 10.6 Å². The van der Waals surface area contributed by atoms with Gasteiger partial charge in [0.15, 0.2) is 5.69 Å². The molecule has 0 N–H and O–H groups in total. The number of halogens is 3. The zero-order chi connectivity index (χ0) is 24.3. The number of rotatable bonds is 5. The number of hydrogen-bond acceptors (Lipinski definition) is 3. The van der Waals surface area contributed by atoms with Crippen LogP contribution in [0.2, 0.25) is 0 Å². The van der Waals surface area contributed by atoms with Crippen LogP contribution in [-0.4, -0.2) is 4.98 Å². The Kier molecular flexibility index (Phi) is 6.42. The van der Waals surface area contributed by atoms with Crippen molar-refractivity contribution in [1.29, 1.82) is 0 Å². The van der Waals surface area contributed by atoms with Gasteiger partial charge in [-0.05, 0) is 0 Å². The van der Waals surface area contributed by atoms with Crippen LogP contribution in [0.4, 0.5) is 18.2 Å². The van der Waals surface area contributed by atoms with E-state index in [0.717, 1.165) is 27.3 Å². The summed E-state index contributed by atoms with van der Waals surface area (Å²) >= 11 is 0.980. The highest BCUT2D eigenvalue weighted by Crippen LogP contribution is 2.53. The minimum Gasteiger partial charge on any atom is -0.241 e. The summed E-state index contributed by atoms with van der Waals surface area (Å²) < 4.78 is 47.8. The lowest BCUT2D eigenvalue weighted by Crippen LogP contribution is -2.25. The minimum atomic E-state index is -4.64. The maximum absolute atomic E-state index is 14.3. The van der Waals surface area contributed by atoms with Crippen LogP contribution in [-0.2, 0) is 6.18 Å². The Labute approximate surface area is 205 Å². The molecule has 0 spiro atoms. The maximum atomic E-state index is 14.3. The number of nitrogens with zero attached hydrogens (tertiary/aromatic N) is 2. The van der Waals surface area contributed by atoms with Gasteiger partial charge in [0.2, 0.25) is 0 Å². The van der Waals surface area contributed by atoms with Gasteiger partial charge in [0.25, 0.3) is 0 Å². The van der Waals surface area contributed by atoms with Gasteiger partial charge in [-0.25, -0.2) is 9.73 Å². The van der Waals surface area contributed by atoms with Gasteiger partial charge < -0.3 is 0 Å². The first-order valence-electron chi connectivity index (χ1n) is 10.9. The molecule has 5 aromatic rings. The smallest absolute Gasteiger partial charge is 0.241 e. The van der Waals surface area contributed by atoms with E-state index in [-0.39, 0.29) is 5.00 Å².